The van der Waals surface area contributed by atoms with Gasteiger partial charge in [0.2, 0.25) is 5.91 Å². The van der Waals surface area contributed by atoms with Gasteiger partial charge in [-0.25, -0.2) is 0 Å². The first kappa shape index (κ1) is 12.9. The molecule has 104 valence electrons. The van der Waals surface area contributed by atoms with E-state index in [1.54, 1.807) is 31.0 Å². The molecule has 1 N–H and O–H groups in total. The summed E-state index contributed by atoms with van der Waals surface area (Å²) in [6.07, 6.45) is 7.69. The number of carbonyl (C=O) groups is 1. The average molecular weight is 272 g/mol. The van der Waals surface area contributed by atoms with Crippen molar-refractivity contribution >= 4 is 5.91 Å². The highest BCUT2D eigenvalue weighted by Gasteiger charge is 2.30. The van der Waals surface area contributed by atoms with E-state index in [0.29, 0.717) is 13.0 Å². The third-order valence-corrected chi connectivity index (χ3v) is 3.40. The van der Waals surface area contributed by atoms with Gasteiger partial charge in [0.05, 0.1) is 25.0 Å². The number of pyridine rings is 1. The molecule has 3 rings (SSSR count). The third kappa shape index (κ3) is 2.88. The lowest BCUT2D eigenvalue weighted by Crippen LogP contribution is -2.37. The van der Waals surface area contributed by atoms with E-state index in [2.05, 4.69) is 10.3 Å². The monoisotopic (exact) mass is 272 g/mol. The highest BCUT2D eigenvalue weighted by molar-refractivity contribution is 5.78. The summed E-state index contributed by atoms with van der Waals surface area (Å²) in [7, 11) is 0. The van der Waals surface area contributed by atoms with Gasteiger partial charge < -0.3 is 14.5 Å². The molecule has 0 aliphatic carbocycles. The quantitative estimate of drug-likeness (QED) is 0.922. The van der Waals surface area contributed by atoms with Crippen LogP contribution in [0.25, 0.3) is 0 Å². The average Bonchev–Trinajstić information content (AvgIpc) is 3.11. The Balaban J connectivity index is 1.63. The molecular formula is C15H16N2O3. The van der Waals surface area contributed by atoms with Gasteiger partial charge >= 0.3 is 0 Å². The summed E-state index contributed by atoms with van der Waals surface area (Å²) in [5.41, 5.74) is 1.87. The Kier molecular flexibility index (Phi) is 3.78. The Hall–Kier alpha value is -2.14. The van der Waals surface area contributed by atoms with Gasteiger partial charge in [0.1, 0.15) is 6.10 Å². The summed E-state index contributed by atoms with van der Waals surface area (Å²) in [5, 5.41) is 3.03. The molecule has 2 aromatic rings. The molecule has 0 spiro atoms. The van der Waals surface area contributed by atoms with Crippen molar-refractivity contribution in [3.63, 3.8) is 0 Å². The van der Waals surface area contributed by atoms with Crippen molar-refractivity contribution in [2.24, 2.45) is 0 Å². The second-order valence-corrected chi connectivity index (χ2v) is 4.85. The number of rotatable bonds is 4. The molecule has 1 saturated heterocycles. The maximum absolute atomic E-state index is 12.0. The summed E-state index contributed by atoms with van der Waals surface area (Å²) in [5.74, 6) is -0.0178. The van der Waals surface area contributed by atoms with Gasteiger partial charge in [0, 0.05) is 24.6 Å². The largest absolute Gasteiger partial charge is 0.472 e. The zero-order valence-electron chi connectivity index (χ0n) is 11.0. The molecule has 3 heterocycles. The fraction of sp³-hybridized carbons (Fsp3) is 0.333. The van der Waals surface area contributed by atoms with Crippen LogP contribution < -0.4 is 5.32 Å². The van der Waals surface area contributed by atoms with Crippen molar-refractivity contribution in [1.82, 2.24) is 10.3 Å². The van der Waals surface area contributed by atoms with E-state index in [-0.39, 0.29) is 18.1 Å². The van der Waals surface area contributed by atoms with Crippen molar-refractivity contribution in [2.45, 2.75) is 25.0 Å². The van der Waals surface area contributed by atoms with E-state index >= 15 is 0 Å². The van der Waals surface area contributed by atoms with Crippen LogP contribution in [0.2, 0.25) is 0 Å². The first-order valence-electron chi connectivity index (χ1n) is 6.65. The van der Waals surface area contributed by atoms with Crippen molar-refractivity contribution in [3.05, 3.63) is 54.2 Å². The molecular weight excluding hydrogens is 256 g/mol. The van der Waals surface area contributed by atoms with Crippen LogP contribution in [0.5, 0.6) is 0 Å². The second kappa shape index (κ2) is 5.88. The number of amides is 1. The highest BCUT2D eigenvalue weighted by Crippen LogP contribution is 2.28. The zero-order valence-corrected chi connectivity index (χ0v) is 11.0. The van der Waals surface area contributed by atoms with Gasteiger partial charge in [0.15, 0.2) is 0 Å². The van der Waals surface area contributed by atoms with E-state index in [1.807, 2.05) is 12.1 Å². The minimum Gasteiger partial charge on any atom is -0.472 e. The number of hydrogen-bond donors (Lipinski definition) is 1. The maximum atomic E-state index is 12.0. The van der Waals surface area contributed by atoms with Crippen LogP contribution in [-0.4, -0.2) is 23.5 Å². The molecule has 5 heteroatoms. The van der Waals surface area contributed by atoms with E-state index in [4.69, 9.17) is 9.15 Å². The molecule has 0 bridgehead atoms. The topological polar surface area (TPSA) is 64.4 Å². The lowest BCUT2D eigenvalue weighted by molar-refractivity contribution is -0.121. The van der Waals surface area contributed by atoms with Gasteiger partial charge in [-0.3, -0.25) is 9.78 Å². The van der Waals surface area contributed by atoms with Crippen molar-refractivity contribution in [3.8, 4) is 0 Å². The first-order valence-corrected chi connectivity index (χ1v) is 6.65. The zero-order chi connectivity index (χ0) is 13.8. The second-order valence-electron chi connectivity index (χ2n) is 4.85. The van der Waals surface area contributed by atoms with Crippen LogP contribution in [0.1, 0.15) is 23.7 Å². The maximum Gasteiger partial charge on any atom is 0.224 e. The molecule has 1 amide bonds. The Morgan fingerprint density at radius 1 is 1.45 bits per heavy atom. The predicted octanol–water partition coefficient (Wildman–Crippen LogP) is 1.86. The molecule has 1 fully saturated rings. The number of furan rings is 1. The highest BCUT2D eigenvalue weighted by atomic mass is 16.5. The van der Waals surface area contributed by atoms with Crippen LogP contribution in [0.4, 0.5) is 0 Å². The number of nitrogens with one attached hydrogen (secondary N) is 1. The fourth-order valence-electron chi connectivity index (χ4n) is 2.45. The molecule has 5 nitrogen and oxygen atoms in total. The summed E-state index contributed by atoms with van der Waals surface area (Å²) in [6, 6.07) is 5.64. The van der Waals surface area contributed by atoms with E-state index in [1.165, 1.54) is 0 Å². The van der Waals surface area contributed by atoms with E-state index < -0.39 is 0 Å². The molecule has 0 saturated carbocycles. The Bertz CT molecular complexity index is 554. The summed E-state index contributed by atoms with van der Waals surface area (Å²) < 4.78 is 10.7. The van der Waals surface area contributed by atoms with Gasteiger partial charge in [-0.05, 0) is 24.1 Å². The van der Waals surface area contributed by atoms with E-state index in [0.717, 1.165) is 17.5 Å². The number of ether oxygens (including phenoxy) is 1. The Labute approximate surface area is 117 Å². The lowest BCUT2D eigenvalue weighted by Gasteiger charge is -2.19. The molecule has 20 heavy (non-hydrogen) atoms. The van der Waals surface area contributed by atoms with E-state index in [9.17, 15) is 4.79 Å². The molecule has 0 unspecified atom stereocenters. The summed E-state index contributed by atoms with van der Waals surface area (Å²) in [4.78, 5) is 16.1. The van der Waals surface area contributed by atoms with Gasteiger partial charge in [-0.15, -0.1) is 0 Å². The SMILES string of the molecule is O=C(Cc1ccoc1)N[C@H]1CCO[C@@H]1c1cccnc1. The smallest absolute Gasteiger partial charge is 0.224 e. The number of carbonyl (C=O) groups excluding carboxylic acids is 1. The standard InChI is InChI=1S/C15H16N2O3/c18-14(8-11-3-6-19-10-11)17-13-4-7-20-15(13)12-2-1-5-16-9-12/h1-3,5-6,9-10,13,15H,4,7-8H2,(H,17,18)/t13-,15+/m0/s1. The van der Waals surface area contributed by atoms with Crippen molar-refractivity contribution < 1.29 is 13.9 Å². The van der Waals surface area contributed by atoms with Crippen molar-refractivity contribution in [1.29, 1.82) is 0 Å². The van der Waals surface area contributed by atoms with Gasteiger partial charge in [-0.2, -0.15) is 0 Å². The predicted molar refractivity (Wildman–Crippen MR) is 71.9 cm³/mol. The molecule has 2 aromatic heterocycles. The van der Waals surface area contributed by atoms with Crippen LogP contribution in [0.15, 0.2) is 47.5 Å². The van der Waals surface area contributed by atoms with Crippen LogP contribution in [0.3, 0.4) is 0 Å². The normalized spacial score (nSPS) is 21.8. The van der Waals surface area contributed by atoms with Gasteiger partial charge in [-0.1, -0.05) is 6.07 Å². The third-order valence-electron chi connectivity index (χ3n) is 3.40. The first-order chi connectivity index (χ1) is 9.83. The minimum absolute atomic E-state index is 0.00130. The molecule has 0 radical (unpaired) electrons. The van der Waals surface area contributed by atoms with Crippen LogP contribution in [-0.2, 0) is 16.0 Å². The minimum atomic E-state index is -0.114. The molecule has 2 atom stereocenters. The number of hydrogen-bond acceptors (Lipinski definition) is 4. The van der Waals surface area contributed by atoms with Crippen molar-refractivity contribution in [2.75, 3.05) is 6.61 Å². The molecule has 0 aromatic carbocycles. The summed E-state index contributed by atoms with van der Waals surface area (Å²) >= 11 is 0. The lowest BCUT2D eigenvalue weighted by atomic mass is 10.0. The number of nitrogens with zero attached hydrogens (tertiary/aromatic N) is 1. The Morgan fingerprint density at radius 2 is 2.40 bits per heavy atom. The summed E-state index contributed by atoms with van der Waals surface area (Å²) in [6.45, 7) is 0.649. The van der Waals surface area contributed by atoms with Crippen LogP contribution >= 0.6 is 0 Å². The Morgan fingerprint density at radius 3 is 3.15 bits per heavy atom. The molecule has 1 aliphatic rings. The van der Waals surface area contributed by atoms with Gasteiger partial charge in [0.25, 0.3) is 0 Å². The van der Waals surface area contributed by atoms with Crippen LogP contribution in [0, 0.1) is 0 Å². The fourth-order valence-corrected chi connectivity index (χ4v) is 2.45. The molecule has 1 aliphatic heterocycles. The number of aromatic nitrogens is 1.